The second-order valence-electron chi connectivity index (χ2n) is 2.70. The zero-order chi connectivity index (χ0) is 10.6. The van der Waals surface area contributed by atoms with Gasteiger partial charge in [-0.3, -0.25) is 9.59 Å². The topological polar surface area (TPSA) is 84.6 Å². The van der Waals surface area contributed by atoms with Crippen LogP contribution in [0.5, 0.6) is 0 Å². The van der Waals surface area contributed by atoms with E-state index in [0.29, 0.717) is 5.76 Å². The van der Waals surface area contributed by atoms with Crippen LogP contribution in [0.15, 0.2) is 22.8 Å². The van der Waals surface area contributed by atoms with E-state index in [1.165, 1.54) is 6.26 Å². The van der Waals surface area contributed by atoms with Crippen LogP contribution in [0.1, 0.15) is 12.2 Å². The van der Waals surface area contributed by atoms with Crippen LogP contribution in [0.3, 0.4) is 0 Å². The fourth-order valence-corrected chi connectivity index (χ4v) is 0.925. The molecule has 14 heavy (non-hydrogen) atoms. The summed E-state index contributed by atoms with van der Waals surface area (Å²) >= 11 is 0. The smallest absolute Gasteiger partial charge is 0.372 e. The van der Waals surface area contributed by atoms with Crippen LogP contribution in [0, 0.1) is 0 Å². The zero-order valence-corrected chi connectivity index (χ0v) is 7.23. The molecule has 1 N–H and O–H groups in total. The molecule has 0 bridgehead atoms. The van der Waals surface area contributed by atoms with Gasteiger partial charge in [-0.05, 0) is 12.1 Å². The summed E-state index contributed by atoms with van der Waals surface area (Å²) in [6.45, 7) is 0. The molecule has 0 spiro atoms. The molecule has 0 saturated heterocycles. The highest BCUT2D eigenvalue weighted by Gasteiger charge is 2.17. The highest BCUT2D eigenvalue weighted by Crippen LogP contribution is 2.03. The molecule has 1 rings (SSSR count). The van der Waals surface area contributed by atoms with Crippen LogP contribution in [0.4, 0.5) is 0 Å². The Balaban J connectivity index is 2.44. The third-order valence-corrected chi connectivity index (χ3v) is 1.55. The van der Waals surface area contributed by atoms with E-state index in [0.717, 1.165) is 0 Å². The first-order valence-electron chi connectivity index (χ1n) is 3.90. The van der Waals surface area contributed by atoms with Gasteiger partial charge in [-0.2, -0.15) is 0 Å². The third-order valence-electron chi connectivity index (χ3n) is 1.55. The number of hydrogen-bond acceptors (Lipinski definition) is 4. The van der Waals surface area contributed by atoms with Crippen LogP contribution in [0.2, 0.25) is 0 Å². The molecule has 0 aliphatic heterocycles. The van der Waals surface area contributed by atoms with Gasteiger partial charge in [-0.15, -0.1) is 0 Å². The summed E-state index contributed by atoms with van der Waals surface area (Å²) in [7, 11) is 0. The number of aliphatic carboxylic acids is 1. The summed E-state index contributed by atoms with van der Waals surface area (Å²) in [6.07, 6.45) is 0.768. The van der Waals surface area contributed by atoms with Crippen molar-refractivity contribution in [1.82, 2.24) is 0 Å². The fraction of sp³-hybridized carbons (Fsp3) is 0.222. The molecular formula is C9H8O5. The Morgan fingerprint density at radius 3 is 2.57 bits per heavy atom. The Hall–Kier alpha value is -1.91. The summed E-state index contributed by atoms with van der Waals surface area (Å²) < 4.78 is 4.87. The maximum Gasteiger partial charge on any atom is 0.372 e. The summed E-state index contributed by atoms with van der Waals surface area (Å²) in [4.78, 5) is 31.8. The van der Waals surface area contributed by atoms with Gasteiger partial charge in [-0.25, -0.2) is 4.79 Å². The predicted molar refractivity (Wildman–Crippen MR) is 44.7 cm³/mol. The minimum atomic E-state index is -1.59. The molecule has 1 aromatic rings. The van der Waals surface area contributed by atoms with Crippen molar-refractivity contribution >= 4 is 17.5 Å². The molecule has 0 fully saturated rings. The Morgan fingerprint density at radius 2 is 2.07 bits per heavy atom. The number of carboxylic acid groups (broad SMARTS) is 1. The van der Waals surface area contributed by atoms with E-state index >= 15 is 0 Å². The Morgan fingerprint density at radius 1 is 1.36 bits per heavy atom. The minimum Gasteiger partial charge on any atom is -0.475 e. The Labute approximate surface area is 79.3 Å². The van der Waals surface area contributed by atoms with E-state index < -0.39 is 24.0 Å². The largest absolute Gasteiger partial charge is 0.475 e. The predicted octanol–water partition coefficient (Wildman–Crippen LogP) is 0.435. The van der Waals surface area contributed by atoms with Gasteiger partial charge >= 0.3 is 5.97 Å². The summed E-state index contributed by atoms with van der Waals surface area (Å²) in [5, 5.41) is 8.23. The van der Waals surface area contributed by atoms with Crippen molar-refractivity contribution in [2.24, 2.45) is 0 Å². The molecule has 0 aromatic carbocycles. The molecule has 0 atom stereocenters. The van der Waals surface area contributed by atoms with Gasteiger partial charge < -0.3 is 9.52 Å². The first-order valence-corrected chi connectivity index (χ1v) is 3.90. The van der Waals surface area contributed by atoms with Gasteiger partial charge in [0.25, 0.3) is 0 Å². The third kappa shape index (κ3) is 2.85. The zero-order valence-electron chi connectivity index (χ0n) is 7.23. The van der Waals surface area contributed by atoms with Crippen molar-refractivity contribution in [2.75, 3.05) is 0 Å². The fourth-order valence-electron chi connectivity index (χ4n) is 0.925. The summed E-state index contributed by atoms with van der Waals surface area (Å²) in [5.41, 5.74) is 0. The monoisotopic (exact) mass is 196 g/mol. The summed E-state index contributed by atoms with van der Waals surface area (Å²) in [5.74, 6) is -2.72. The van der Waals surface area contributed by atoms with E-state index in [2.05, 4.69) is 0 Å². The van der Waals surface area contributed by atoms with E-state index in [9.17, 15) is 14.4 Å². The van der Waals surface area contributed by atoms with Crippen LogP contribution < -0.4 is 0 Å². The lowest BCUT2D eigenvalue weighted by molar-refractivity contribution is -0.150. The molecule has 0 aliphatic carbocycles. The SMILES string of the molecule is O=C(CC(=O)C(=O)O)Cc1ccco1. The number of rotatable bonds is 5. The van der Waals surface area contributed by atoms with Gasteiger partial charge in [0.1, 0.15) is 11.5 Å². The Bertz CT molecular complexity index is 349. The number of hydrogen-bond donors (Lipinski definition) is 1. The molecule has 0 aliphatic rings. The number of ketones is 2. The highest BCUT2D eigenvalue weighted by atomic mass is 16.4. The average molecular weight is 196 g/mol. The number of carbonyl (C=O) groups excluding carboxylic acids is 2. The lowest BCUT2D eigenvalue weighted by Gasteiger charge is -1.94. The second kappa shape index (κ2) is 4.36. The van der Waals surface area contributed by atoms with Crippen LogP contribution >= 0.6 is 0 Å². The van der Waals surface area contributed by atoms with Crippen molar-refractivity contribution in [3.63, 3.8) is 0 Å². The number of carboxylic acids is 1. The summed E-state index contributed by atoms with van der Waals surface area (Å²) in [6, 6.07) is 3.20. The van der Waals surface area contributed by atoms with Crippen molar-refractivity contribution in [1.29, 1.82) is 0 Å². The van der Waals surface area contributed by atoms with Crippen molar-refractivity contribution in [3.05, 3.63) is 24.2 Å². The maximum absolute atomic E-state index is 11.1. The molecule has 1 aromatic heterocycles. The van der Waals surface area contributed by atoms with Gasteiger partial charge in [0.05, 0.1) is 19.1 Å². The molecule has 0 amide bonds. The van der Waals surface area contributed by atoms with Crippen LogP contribution in [-0.2, 0) is 20.8 Å². The Kier molecular flexibility index (Phi) is 3.17. The van der Waals surface area contributed by atoms with E-state index in [1.807, 2.05) is 0 Å². The van der Waals surface area contributed by atoms with Gasteiger partial charge in [-0.1, -0.05) is 0 Å². The lowest BCUT2D eigenvalue weighted by atomic mass is 10.1. The molecule has 0 radical (unpaired) electrons. The number of Topliss-reactive ketones (excluding diaryl/α,β-unsaturated/α-hetero) is 2. The van der Waals surface area contributed by atoms with E-state index in [4.69, 9.17) is 9.52 Å². The second-order valence-corrected chi connectivity index (χ2v) is 2.70. The molecule has 74 valence electrons. The van der Waals surface area contributed by atoms with Crippen molar-refractivity contribution in [2.45, 2.75) is 12.8 Å². The average Bonchev–Trinajstić information content (AvgIpc) is 2.56. The number of furan rings is 1. The van der Waals surface area contributed by atoms with Crippen LogP contribution in [-0.4, -0.2) is 22.6 Å². The van der Waals surface area contributed by atoms with Gasteiger partial charge in [0.2, 0.25) is 5.78 Å². The standard InChI is InChI=1S/C9H8O5/c10-6(5-8(11)9(12)13)4-7-2-1-3-14-7/h1-3H,4-5H2,(H,12,13). The maximum atomic E-state index is 11.1. The molecule has 0 saturated carbocycles. The van der Waals surface area contributed by atoms with Gasteiger partial charge in [0, 0.05) is 0 Å². The lowest BCUT2D eigenvalue weighted by Crippen LogP contribution is -2.18. The van der Waals surface area contributed by atoms with E-state index in [-0.39, 0.29) is 6.42 Å². The molecule has 5 heteroatoms. The first kappa shape index (κ1) is 10.2. The van der Waals surface area contributed by atoms with E-state index in [1.54, 1.807) is 12.1 Å². The minimum absolute atomic E-state index is 0.0496. The molecular weight excluding hydrogens is 188 g/mol. The normalized spacial score (nSPS) is 9.71. The highest BCUT2D eigenvalue weighted by molar-refractivity contribution is 6.36. The van der Waals surface area contributed by atoms with Crippen LogP contribution in [0.25, 0.3) is 0 Å². The molecule has 5 nitrogen and oxygen atoms in total. The van der Waals surface area contributed by atoms with Crippen molar-refractivity contribution in [3.8, 4) is 0 Å². The first-order chi connectivity index (χ1) is 6.59. The molecule has 0 unspecified atom stereocenters. The molecule has 1 heterocycles. The quantitative estimate of drug-likeness (QED) is 0.545. The van der Waals surface area contributed by atoms with Gasteiger partial charge in [0.15, 0.2) is 0 Å². The van der Waals surface area contributed by atoms with Crippen molar-refractivity contribution < 1.29 is 23.9 Å². The number of carbonyl (C=O) groups is 3.